The molecule has 0 saturated heterocycles. The van der Waals surface area contributed by atoms with Gasteiger partial charge in [-0.3, -0.25) is 0 Å². The molecular weight excluding hydrogens is 202 g/mol. The van der Waals surface area contributed by atoms with E-state index in [1.54, 1.807) is 7.11 Å². The van der Waals surface area contributed by atoms with E-state index in [4.69, 9.17) is 4.74 Å². The van der Waals surface area contributed by atoms with Crippen molar-refractivity contribution in [2.75, 3.05) is 20.3 Å². The monoisotopic (exact) mass is 223 g/mol. The van der Waals surface area contributed by atoms with Crippen LogP contribution in [0.2, 0.25) is 0 Å². The molecule has 0 heterocycles. The Bertz CT molecular complexity index is 285. The zero-order chi connectivity index (χ0) is 11.9. The Morgan fingerprint density at radius 1 is 1.31 bits per heavy atom. The molecule has 3 heteroatoms. The van der Waals surface area contributed by atoms with Gasteiger partial charge in [-0.15, -0.1) is 0 Å². The van der Waals surface area contributed by atoms with Crippen LogP contribution in [0, 0.1) is 0 Å². The van der Waals surface area contributed by atoms with Crippen molar-refractivity contribution in [1.29, 1.82) is 0 Å². The number of nitrogens with one attached hydrogen (secondary N) is 1. The summed E-state index contributed by atoms with van der Waals surface area (Å²) in [5.41, 5.74) is 0.523. The summed E-state index contributed by atoms with van der Waals surface area (Å²) in [6.45, 7) is 3.76. The summed E-state index contributed by atoms with van der Waals surface area (Å²) in [7, 11) is 1.65. The topological polar surface area (TPSA) is 41.5 Å². The Balaban J connectivity index is 2.24. The van der Waals surface area contributed by atoms with Gasteiger partial charge in [0.15, 0.2) is 0 Å². The van der Waals surface area contributed by atoms with Crippen LogP contribution >= 0.6 is 0 Å². The van der Waals surface area contributed by atoms with Crippen molar-refractivity contribution in [3.63, 3.8) is 0 Å². The van der Waals surface area contributed by atoms with E-state index in [0.717, 1.165) is 6.54 Å². The summed E-state index contributed by atoms with van der Waals surface area (Å²) < 4.78 is 4.95. The molecule has 0 saturated carbocycles. The lowest BCUT2D eigenvalue weighted by Crippen LogP contribution is -2.38. The van der Waals surface area contributed by atoms with E-state index in [1.165, 1.54) is 5.56 Å². The number of ether oxygens (including phenoxy) is 1. The fourth-order valence-electron chi connectivity index (χ4n) is 1.48. The predicted molar refractivity (Wildman–Crippen MR) is 65.3 cm³/mol. The van der Waals surface area contributed by atoms with Gasteiger partial charge in [-0.1, -0.05) is 30.3 Å². The standard InChI is InChI=1S/C13H21NO2/c1-13(15,8-9-16-2)11-14-10-12-6-4-3-5-7-12/h3-7,14-15H,8-11H2,1-2H3. The lowest BCUT2D eigenvalue weighted by atomic mass is 10.0. The fourth-order valence-corrected chi connectivity index (χ4v) is 1.48. The van der Waals surface area contributed by atoms with Gasteiger partial charge in [-0.2, -0.15) is 0 Å². The minimum absolute atomic E-state index is 0.575. The Labute approximate surface area is 97.4 Å². The molecule has 1 aromatic carbocycles. The molecule has 1 unspecified atom stereocenters. The minimum Gasteiger partial charge on any atom is -0.389 e. The average Bonchev–Trinajstić information content (AvgIpc) is 2.28. The predicted octanol–water partition coefficient (Wildman–Crippen LogP) is 1.56. The van der Waals surface area contributed by atoms with Gasteiger partial charge in [0.2, 0.25) is 0 Å². The molecule has 0 amide bonds. The van der Waals surface area contributed by atoms with Gasteiger partial charge in [0.25, 0.3) is 0 Å². The van der Waals surface area contributed by atoms with E-state index in [9.17, 15) is 5.11 Å². The number of benzene rings is 1. The summed E-state index contributed by atoms with van der Waals surface area (Å²) in [5.74, 6) is 0. The van der Waals surface area contributed by atoms with E-state index < -0.39 is 5.60 Å². The highest BCUT2D eigenvalue weighted by molar-refractivity contribution is 5.14. The second-order valence-electron chi connectivity index (χ2n) is 4.33. The SMILES string of the molecule is COCCC(C)(O)CNCc1ccccc1. The van der Waals surface area contributed by atoms with Crippen molar-refractivity contribution in [3.05, 3.63) is 35.9 Å². The van der Waals surface area contributed by atoms with Crippen LogP contribution < -0.4 is 5.32 Å². The Hall–Kier alpha value is -0.900. The number of hydrogen-bond donors (Lipinski definition) is 2. The van der Waals surface area contributed by atoms with Crippen LogP contribution in [0.3, 0.4) is 0 Å². The fraction of sp³-hybridized carbons (Fsp3) is 0.538. The summed E-state index contributed by atoms with van der Waals surface area (Å²) in [5, 5.41) is 13.2. The maximum atomic E-state index is 9.98. The largest absolute Gasteiger partial charge is 0.389 e. The summed E-state index contributed by atoms with van der Waals surface area (Å²) >= 11 is 0. The number of aliphatic hydroxyl groups is 1. The first-order valence-corrected chi connectivity index (χ1v) is 5.60. The molecule has 1 atom stereocenters. The maximum absolute atomic E-state index is 9.98. The lowest BCUT2D eigenvalue weighted by molar-refractivity contribution is 0.0247. The molecule has 1 aromatic rings. The van der Waals surface area contributed by atoms with Crippen molar-refractivity contribution in [2.24, 2.45) is 0 Å². The highest BCUT2D eigenvalue weighted by Gasteiger charge is 2.18. The molecule has 0 bridgehead atoms. The molecule has 0 aliphatic heterocycles. The van der Waals surface area contributed by atoms with Crippen LogP contribution in [0.25, 0.3) is 0 Å². The first kappa shape index (κ1) is 13.2. The van der Waals surface area contributed by atoms with E-state index in [-0.39, 0.29) is 0 Å². The normalized spacial score (nSPS) is 14.7. The first-order chi connectivity index (χ1) is 7.64. The van der Waals surface area contributed by atoms with E-state index in [0.29, 0.717) is 19.6 Å². The van der Waals surface area contributed by atoms with Crippen molar-refractivity contribution >= 4 is 0 Å². The molecule has 0 fully saturated rings. The minimum atomic E-state index is -0.704. The Kier molecular flexibility index (Phi) is 5.46. The summed E-state index contributed by atoms with van der Waals surface area (Å²) in [4.78, 5) is 0. The molecule has 0 spiro atoms. The van der Waals surface area contributed by atoms with Crippen molar-refractivity contribution in [3.8, 4) is 0 Å². The molecular formula is C13H21NO2. The van der Waals surface area contributed by atoms with Crippen molar-refractivity contribution < 1.29 is 9.84 Å². The van der Waals surface area contributed by atoms with Gasteiger partial charge in [0.1, 0.15) is 0 Å². The molecule has 0 aliphatic carbocycles. The molecule has 0 aliphatic rings. The van der Waals surface area contributed by atoms with Crippen LogP contribution in [0.4, 0.5) is 0 Å². The van der Waals surface area contributed by atoms with Crippen LogP contribution in [-0.2, 0) is 11.3 Å². The third-order valence-corrected chi connectivity index (χ3v) is 2.52. The van der Waals surface area contributed by atoms with Crippen LogP contribution in [0.15, 0.2) is 30.3 Å². The molecule has 16 heavy (non-hydrogen) atoms. The number of methoxy groups -OCH3 is 1. The van der Waals surface area contributed by atoms with E-state index in [2.05, 4.69) is 17.4 Å². The number of hydrogen-bond acceptors (Lipinski definition) is 3. The molecule has 0 radical (unpaired) electrons. The second kappa shape index (κ2) is 6.63. The zero-order valence-corrected chi connectivity index (χ0v) is 10.1. The smallest absolute Gasteiger partial charge is 0.0765 e. The van der Waals surface area contributed by atoms with Crippen LogP contribution in [0.5, 0.6) is 0 Å². The van der Waals surface area contributed by atoms with Crippen molar-refractivity contribution in [1.82, 2.24) is 5.32 Å². The Morgan fingerprint density at radius 3 is 2.62 bits per heavy atom. The highest BCUT2D eigenvalue weighted by atomic mass is 16.5. The van der Waals surface area contributed by atoms with Crippen LogP contribution in [0.1, 0.15) is 18.9 Å². The first-order valence-electron chi connectivity index (χ1n) is 5.60. The molecule has 90 valence electrons. The zero-order valence-electron chi connectivity index (χ0n) is 10.1. The van der Waals surface area contributed by atoms with Crippen LogP contribution in [-0.4, -0.2) is 31.0 Å². The highest BCUT2D eigenvalue weighted by Crippen LogP contribution is 2.08. The molecule has 2 N–H and O–H groups in total. The average molecular weight is 223 g/mol. The maximum Gasteiger partial charge on any atom is 0.0765 e. The molecule has 1 rings (SSSR count). The summed E-state index contributed by atoms with van der Waals surface area (Å²) in [6, 6.07) is 10.2. The second-order valence-corrected chi connectivity index (χ2v) is 4.33. The lowest BCUT2D eigenvalue weighted by Gasteiger charge is -2.23. The van der Waals surface area contributed by atoms with Gasteiger partial charge in [-0.05, 0) is 12.5 Å². The molecule has 3 nitrogen and oxygen atoms in total. The quantitative estimate of drug-likeness (QED) is 0.737. The van der Waals surface area contributed by atoms with Gasteiger partial charge < -0.3 is 15.2 Å². The van der Waals surface area contributed by atoms with Crippen molar-refractivity contribution in [2.45, 2.75) is 25.5 Å². The van der Waals surface area contributed by atoms with E-state index in [1.807, 2.05) is 25.1 Å². The van der Waals surface area contributed by atoms with Gasteiger partial charge >= 0.3 is 0 Å². The van der Waals surface area contributed by atoms with Gasteiger partial charge in [0, 0.05) is 33.2 Å². The third kappa shape index (κ3) is 5.26. The summed E-state index contributed by atoms with van der Waals surface area (Å²) in [6.07, 6.45) is 0.644. The molecule has 0 aromatic heterocycles. The van der Waals surface area contributed by atoms with Gasteiger partial charge in [0.05, 0.1) is 5.60 Å². The van der Waals surface area contributed by atoms with Gasteiger partial charge in [-0.25, -0.2) is 0 Å². The third-order valence-electron chi connectivity index (χ3n) is 2.52. The number of rotatable bonds is 7. The van der Waals surface area contributed by atoms with E-state index >= 15 is 0 Å². The Morgan fingerprint density at radius 2 is 2.00 bits per heavy atom.